The quantitative estimate of drug-likeness (QED) is 0.244. The number of hydrogen-bond donors (Lipinski definition) is 3. The summed E-state index contributed by atoms with van der Waals surface area (Å²) < 4.78 is 0. The first-order chi connectivity index (χ1) is 9.79. The molecule has 4 N–H and O–H groups in total. The van der Waals surface area contributed by atoms with Gasteiger partial charge in [-0.05, 0) is 17.7 Å². The van der Waals surface area contributed by atoms with Crippen LogP contribution in [0.15, 0.2) is 53.8 Å². The molecule has 5 nitrogen and oxygen atoms in total. The largest absolute Gasteiger partial charge is 0.409 e. The average Bonchev–Trinajstić information content (AvgIpc) is 2.52. The van der Waals surface area contributed by atoms with Crippen molar-refractivity contribution >= 4 is 5.84 Å². The van der Waals surface area contributed by atoms with Gasteiger partial charge in [0.1, 0.15) is 0 Å². The minimum atomic E-state index is 0.125. The number of rotatable bonds is 6. The Morgan fingerprint density at radius 3 is 2.65 bits per heavy atom. The van der Waals surface area contributed by atoms with E-state index in [1.165, 1.54) is 0 Å². The molecule has 0 aliphatic heterocycles. The predicted molar refractivity (Wildman–Crippen MR) is 78.6 cm³/mol. The number of nitrogens with two attached hydrogens (primary N) is 1. The summed E-state index contributed by atoms with van der Waals surface area (Å²) in [5.74, 6) is 0.125. The molecule has 0 bridgehead atoms. The number of oxime groups is 1. The van der Waals surface area contributed by atoms with Gasteiger partial charge in [0.05, 0.1) is 0 Å². The summed E-state index contributed by atoms with van der Waals surface area (Å²) in [6, 6.07) is 13.5. The maximum Gasteiger partial charge on any atom is 0.170 e. The van der Waals surface area contributed by atoms with Gasteiger partial charge < -0.3 is 16.3 Å². The van der Waals surface area contributed by atoms with E-state index in [4.69, 9.17) is 10.9 Å². The van der Waals surface area contributed by atoms with E-state index >= 15 is 0 Å². The molecule has 0 saturated carbocycles. The highest BCUT2D eigenvalue weighted by atomic mass is 16.4. The molecule has 104 valence electrons. The molecule has 20 heavy (non-hydrogen) atoms. The Morgan fingerprint density at radius 2 is 2.00 bits per heavy atom. The van der Waals surface area contributed by atoms with Gasteiger partial charge >= 0.3 is 0 Å². The fourth-order valence-electron chi connectivity index (χ4n) is 1.85. The first-order valence-electron chi connectivity index (χ1n) is 6.47. The molecule has 1 heterocycles. The highest BCUT2D eigenvalue weighted by molar-refractivity contribution is 5.96. The zero-order valence-corrected chi connectivity index (χ0v) is 11.2. The van der Waals surface area contributed by atoms with E-state index in [2.05, 4.69) is 15.5 Å². The molecule has 2 aromatic rings. The van der Waals surface area contributed by atoms with E-state index in [1.54, 1.807) is 6.20 Å². The molecule has 1 aromatic heterocycles. The topological polar surface area (TPSA) is 83.5 Å². The average molecular weight is 270 g/mol. The van der Waals surface area contributed by atoms with Crippen LogP contribution in [0.3, 0.4) is 0 Å². The number of aromatic nitrogens is 1. The lowest BCUT2D eigenvalue weighted by Gasteiger charge is -2.06. The lowest BCUT2D eigenvalue weighted by molar-refractivity contribution is 0.318. The summed E-state index contributed by atoms with van der Waals surface area (Å²) in [7, 11) is 0. The van der Waals surface area contributed by atoms with E-state index in [9.17, 15) is 0 Å². The molecule has 2 rings (SSSR count). The summed E-state index contributed by atoms with van der Waals surface area (Å²) in [4.78, 5) is 4.27. The maximum absolute atomic E-state index is 8.58. The Kier molecular flexibility index (Phi) is 5.08. The highest BCUT2D eigenvalue weighted by Crippen LogP contribution is 2.04. The van der Waals surface area contributed by atoms with Gasteiger partial charge in [0.2, 0.25) is 0 Å². The second kappa shape index (κ2) is 7.25. The van der Waals surface area contributed by atoms with Crippen molar-refractivity contribution in [2.75, 3.05) is 6.54 Å². The van der Waals surface area contributed by atoms with Crippen molar-refractivity contribution in [1.82, 2.24) is 10.3 Å². The maximum atomic E-state index is 8.58. The summed E-state index contributed by atoms with van der Waals surface area (Å²) in [5, 5.41) is 14.9. The molecular weight excluding hydrogens is 252 g/mol. The molecule has 0 saturated heterocycles. The second-order valence-corrected chi connectivity index (χ2v) is 4.43. The monoisotopic (exact) mass is 270 g/mol. The lowest BCUT2D eigenvalue weighted by Crippen LogP contribution is -2.17. The van der Waals surface area contributed by atoms with Crippen LogP contribution in [0, 0.1) is 0 Å². The fourth-order valence-corrected chi connectivity index (χ4v) is 1.85. The van der Waals surface area contributed by atoms with Crippen LogP contribution >= 0.6 is 0 Å². The van der Waals surface area contributed by atoms with Crippen molar-refractivity contribution in [1.29, 1.82) is 0 Å². The first kappa shape index (κ1) is 14.0. The molecule has 0 aliphatic rings. The zero-order valence-electron chi connectivity index (χ0n) is 11.2. The number of benzene rings is 1. The summed E-state index contributed by atoms with van der Waals surface area (Å²) >= 11 is 0. The molecule has 0 radical (unpaired) electrons. The third kappa shape index (κ3) is 4.07. The van der Waals surface area contributed by atoms with Gasteiger partial charge in [0.15, 0.2) is 5.84 Å². The Morgan fingerprint density at radius 1 is 1.20 bits per heavy atom. The fraction of sp³-hybridized carbons (Fsp3) is 0.200. The van der Waals surface area contributed by atoms with Gasteiger partial charge in [-0.15, -0.1) is 0 Å². The third-order valence-electron chi connectivity index (χ3n) is 2.97. The molecule has 5 heteroatoms. The van der Waals surface area contributed by atoms with Crippen molar-refractivity contribution in [3.63, 3.8) is 0 Å². The van der Waals surface area contributed by atoms with Crippen molar-refractivity contribution < 1.29 is 5.21 Å². The van der Waals surface area contributed by atoms with Gasteiger partial charge in [-0.2, -0.15) is 0 Å². The van der Waals surface area contributed by atoms with E-state index in [0.29, 0.717) is 5.56 Å². The summed E-state index contributed by atoms with van der Waals surface area (Å²) in [5.41, 5.74) is 8.46. The Balaban J connectivity index is 1.77. The Hall–Kier alpha value is -2.40. The molecule has 0 spiro atoms. The molecular formula is C15H18N4O. The molecule has 1 aromatic carbocycles. The molecule has 0 atom stereocenters. The van der Waals surface area contributed by atoms with Crippen LogP contribution in [0.5, 0.6) is 0 Å². The van der Waals surface area contributed by atoms with Crippen molar-refractivity contribution in [2.45, 2.75) is 13.0 Å². The van der Waals surface area contributed by atoms with Crippen LogP contribution in [0.1, 0.15) is 16.8 Å². The number of pyridine rings is 1. The van der Waals surface area contributed by atoms with Crippen LogP contribution in [0.25, 0.3) is 0 Å². The second-order valence-electron chi connectivity index (χ2n) is 4.43. The smallest absolute Gasteiger partial charge is 0.170 e. The van der Waals surface area contributed by atoms with Gasteiger partial charge in [-0.25, -0.2) is 0 Å². The molecule has 0 aliphatic carbocycles. The van der Waals surface area contributed by atoms with Gasteiger partial charge in [-0.3, -0.25) is 4.98 Å². The van der Waals surface area contributed by atoms with E-state index < -0.39 is 0 Å². The number of hydrogen-bond acceptors (Lipinski definition) is 4. The van der Waals surface area contributed by atoms with Crippen LogP contribution in [0.4, 0.5) is 0 Å². The van der Waals surface area contributed by atoms with Crippen LogP contribution in [-0.2, 0) is 13.0 Å². The normalized spacial score (nSPS) is 11.5. The number of nitrogens with one attached hydrogen (secondary N) is 1. The SMILES string of the molecule is NC(=NO)c1ccc(CNCCc2ccccn2)cc1. The van der Waals surface area contributed by atoms with E-state index in [-0.39, 0.29) is 5.84 Å². The molecule has 0 amide bonds. The zero-order chi connectivity index (χ0) is 14.2. The van der Waals surface area contributed by atoms with E-state index in [1.807, 2.05) is 42.5 Å². The van der Waals surface area contributed by atoms with Crippen molar-refractivity contribution in [3.8, 4) is 0 Å². The lowest BCUT2D eigenvalue weighted by atomic mass is 10.1. The Bertz CT molecular complexity index is 552. The van der Waals surface area contributed by atoms with Gasteiger partial charge in [-0.1, -0.05) is 35.5 Å². The highest BCUT2D eigenvalue weighted by Gasteiger charge is 1.99. The van der Waals surface area contributed by atoms with Crippen LogP contribution < -0.4 is 11.1 Å². The number of nitrogens with zero attached hydrogens (tertiary/aromatic N) is 2. The minimum Gasteiger partial charge on any atom is -0.409 e. The standard InChI is InChI=1S/C15H18N4O/c16-15(19-20)13-6-4-12(5-7-13)11-17-10-8-14-3-1-2-9-18-14/h1-7,9,17,20H,8,10-11H2,(H2,16,19). The van der Waals surface area contributed by atoms with Crippen LogP contribution in [-0.4, -0.2) is 22.6 Å². The minimum absolute atomic E-state index is 0.125. The summed E-state index contributed by atoms with van der Waals surface area (Å²) in [6.45, 7) is 1.66. The van der Waals surface area contributed by atoms with E-state index in [0.717, 1.165) is 30.8 Å². The molecule has 0 fully saturated rings. The van der Waals surface area contributed by atoms with Crippen molar-refractivity contribution in [2.24, 2.45) is 10.9 Å². The van der Waals surface area contributed by atoms with Crippen molar-refractivity contribution in [3.05, 3.63) is 65.5 Å². The van der Waals surface area contributed by atoms with Gasteiger partial charge in [0.25, 0.3) is 0 Å². The molecule has 0 unspecified atom stereocenters. The predicted octanol–water partition coefficient (Wildman–Crippen LogP) is 1.51. The first-order valence-corrected chi connectivity index (χ1v) is 6.47. The Labute approximate surface area is 118 Å². The van der Waals surface area contributed by atoms with Crippen LogP contribution in [0.2, 0.25) is 0 Å². The third-order valence-corrected chi connectivity index (χ3v) is 2.97. The summed E-state index contributed by atoms with van der Waals surface area (Å²) in [6.07, 6.45) is 2.71. The van der Waals surface area contributed by atoms with Gasteiger partial charge in [0, 0.05) is 37.0 Å². The number of amidine groups is 1.